The van der Waals surface area contributed by atoms with Crippen molar-refractivity contribution in [3.05, 3.63) is 0 Å². The Labute approximate surface area is 52.7 Å². The molecule has 0 atom stereocenters. The van der Waals surface area contributed by atoms with Crippen LogP contribution in [0.5, 0.6) is 0 Å². The SMILES string of the molecule is COCOC(=O)C(C)=O. The van der Waals surface area contributed by atoms with Gasteiger partial charge in [0.15, 0.2) is 6.79 Å². The maximum Gasteiger partial charge on any atom is 0.376 e. The van der Waals surface area contributed by atoms with Gasteiger partial charge in [-0.15, -0.1) is 0 Å². The first-order valence-corrected chi connectivity index (χ1v) is 2.35. The molecule has 0 spiro atoms. The van der Waals surface area contributed by atoms with Crippen LogP contribution >= 0.6 is 0 Å². The molecule has 0 aliphatic carbocycles. The van der Waals surface area contributed by atoms with Crippen LogP contribution in [0, 0.1) is 0 Å². The zero-order chi connectivity index (χ0) is 7.28. The first-order chi connectivity index (χ1) is 4.18. The molecule has 0 bridgehead atoms. The number of hydrogen-bond acceptors (Lipinski definition) is 4. The molecule has 0 N–H and O–H groups in total. The van der Waals surface area contributed by atoms with E-state index in [1.54, 1.807) is 0 Å². The van der Waals surface area contributed by atoms with E-state index in [0.717, 1.165) is 6.92 Å². The Morgan fingerprint density at radius 1 is 1.44 bits per heavy atom. The van der Waals surface area contributed by atoms with Crippen molar-refractivity contribution in [2.24, 2.45) is 0 Å². The van der Waals surface area contributed by atoms with Crippen LogP contribution < -0.4 is 0 Å². The van der Waals surface area contributed by atoms with E-state index in [2.05, 4.69) is 9.47 Å². The number of carbonyl (C=O) groups excluding carboxylic acids is 2. The normalized spacial score (nSPS) is 8.67. The fourth-order valence-corrected chi connectivity index (χ4v) is 0.214. The molecular formula is C5H8O4. The van der Waals surface area contributed by atoms with Crippen molar-refractivity contribution in [3.8, 4) is 0 Å². The van der Waals surface area contributed by atoms with Crippen molar-refractivity contribution >= 4 is 11.8 Å². The molecular weight excluding hydrogens is 124 g/mol. The van der Waals surface area contributed by atoms with E-state index in [0.29, 0.717) is 0 Å². The second-order valence-electron chi connectivity index (χ2n) is 1.39. The number of esters is 1. The van der Waals surface area contributed by atoms with Gasteiger partial charge in [0.05, 0.1) is 0 Å². The summed E-state index contributed by atoms with van der Waals surface area (Å²) < 4.78 is 8.61. The summed E-state index contributed by atoms with van der Waals surface area (Å²) >= 11 is 0. The van der Waals surface area contributed by atoms with Crippen LogP contribution in [-0.2, 0) is 19.1 Å². The number of rotatable bonds is 3. The molecule has 0 radical (unpaired) electrons. The van der Waals surface area contributed by atoms with Gasteiger partial charge in [-0.05, 0) is 0 Å². The van der Waals surface area contributed by atoms with E-state index in [-0.39, 0.29) is 6.79 Å². The van der Waals surface area contributed by atoms with Gasteiger partial charge >= 0.3 is 5.97 Å². The summed E-state index contributed by atoms with van der Waals surface area (Å²) in [6.07, 6.45) is 0. The number of methoxy groups -OCH3 is 1. The van der Waals surface area contributed by atoms with E-state index in [9.17, 15) is 9.59 Å². The second-order valence-corrected chi connectivity index (χ2v) is 1.39. The van der Waals surface area contributed by atoms with Gasteiger partial charge in [-0.25, -0.2) is 4.79 Å². The van der Waals surface area contributed by atoms with Gasteiger partial charge in [0.2, 0.25) is 5.78 Å². The third-order valence-electron chi connectivity index (χ3n) is 0.595. The first kappa shape index (κ1) is 8.10. The molecule has 0 saturated carbocycles. The van der Waals surface area contributed by atoms with E-state index < -0.39 is 11.8 Å². The average Bonchev–Trinajstić information content (AvgIpc) is 1.82. The Balaban J connectivity index is 3.39. The van der Waals surface area contributed by atoms with Gasteiger partial charge in [0.25, 0.3) is 0 Å². The van der Waals surface area contributed by atoms with Crippen LogP contribution in [0.4, 0.5) is 0 Å². The maximum absolute atomic E-state index is 10.2. The predicted molar refractivity (Wildman–Crippen MR) is 28.6 cm³/mol. The Kier molecular flexibility index (Phi) is 3.62. The molecule has 0 unspecified atom stereocenters. The van der Waals surface area contributed by atoms with Crippen molar-refractivity contribution < 1.29 is 19.1 Å². The van der Waals surface area contributed by atoms with Crippen molar-refractivity contribution in [1.82, 2.24) is 0 Å². The van der Waals surface area contributed by atoms with Crippen LogP contribution in [-0.4, -0.2) is 25.7 Å². The van der Waals surface area contributed by atoms with Crippen molar-refractivity contribution in [3.63, 3.8) is 0 Å². The van der Waals surface area contributed by atoms with E-state index in [4.69, 9.17) is 0 Å². The van der Waals surface area contributed by atoms with Gasteiger partial charge in [-0.3, -0.25) is 4.79 Å². The summed E-state index contributed by atoms with van der Waals surface area (Å²) in [4.78, 5) is 20.4. The van der Waals surface area contributed by atoms with E-state index >= 15 is 0 Å². The summed E-state index contributed by atoms with van der Waals surface area (Å²) in [5, 5.41) is 0. The molecule has 0 aromatic heterocycles. The third kappa shape index (κ3) is 3.66. The molecule has 4 heteroatoms. The summed E-state index contributed by atoms with van der Waals surface area (Å²) in [7, 11) is 1.37. The van der Waals surface area contributed by atoms with Gasteiger partial charge in [-0.2, -0.15) is 0 Å². The number of ketones is 1. The minimum absolute atomic E-state index is 0.168. The third-order valence-corrected chi connectivity index (χ3v) is 0.595. The molecule has 0 fully saturated rings. The smallest absolute Gasteiger partial charge is 0.376 e. The highest BCUT2D eigenvalue weighted by Gasteiger charge is 2.06. The van der Waals surface area contributed by atoms with Gasteiger partial charge in [0, 0.05) is 14.0 Å². The van der Waals surface area contributed by atoms with Crippen molar-refractivity contribution in [2.75, 3.05) is 13.9 Å². The van der Waals surface area contributed by atoms with Crippen molar-refractivity contribution in [2.45, 2.75) is 6.92 Å². The van der Waals surface area contributed by atoms with Crippen LogP contribution in [0.25, 0.3) is 0 Å². The first-order valence-electron chi connectivity index (χ1n) is 2.35. The lowest BCUT2D eigenvalue weighted by atomic mass is 10.5. The summed E-state index contributed by atoms with van der Waals surface area (Å²) in [5.41, 5.74) is 0. The highest BCUT2D eigenvalue weighted by Crippen LogP contribution is 1.79. The highest BCUT2D eigenvalue weighted by molar-refractivity contribution is 6.32. The van der Waals surface area contributed by atoms with Crippen LogP contribution in [0.2, 0.25) is 0 Å². The Morgan fingerprint density at radius 3 is 2.33 bits per heavy atom. The molecule has 4 nitrogen and oxygen atoms in total. The van der Waals surface area contributed by atoms with Crippen LogP contribution in [0.1, 0.15) is 6.92 Å². The minimum atomic E-state index is -0.864. The molecule has 0 aliphatic rings. The average molecular weight is 132 g/mol. The number of ether oxygens (including phenoxy) is 2. The molecule has 0 amide bonds. The quantitative estimate of drug-likeness (QED) is 0.301. The maximum atomic E-state index is 10.2. The van der Waals surface area contributed by atoms with E-state index in [1.807, 2.05) is 0 Å². The minimum Gasteiger partial charge on any atom is -0.433 e. The Morgan fingerprint density at radius 2 is 2.00 bits per heavy atom. The lowest BCUT2D eigenvalue weighted by Gasteiger charge is -1.97. The molecule has 0 saturated heterocycles. The topological polar surface area (TPSA) is 52.6 Å². The van der Waals surface area contributed by atoms with Crippen LogP contribution in [0.15, 0.2) is 0 Å². The molecule has 9 heavy (non-hydrogen) atoms. The predicted octanol–water partition coefficient (Wildman–Crippen LogP) is -0.277. The van der Waals surface area contributed by atoms with Crippen LogP contribution in [0.3, 0.4) is 0 Å². The number of carbonyl (C=O) groups is 2. The Hall–Kier alpha value is -0.900. The number of Topliss-reactive ketones (excluding diaryl/α,β-unsaturated/α-hetero) is 1. The van der Waals surface area contributed by atoms with Gasteiger partial charge in [0.1, 0.15) is 0 Å². The van der Waals surface area contributed by atoms with E-state index in [1.165, 1.54) is 7.11 Å². The largest absolute Gasteiger partial charge is 0.433 e. The Bertz CT molecular complexity index is 118. The molecule has 0 aromatic rings. The highest BCUT2D eigenvalue weighted by atomic mass is 16.7. The zero-order valence-electron chi connectivity index (χ0n) is 5.34. The van der Waals surface area contributed by atoms with Crippen molar-refractivity contribution in [1.29, 1.82) is 0 Å². The monoisotopic (exact) mass is 132 g/mol. The summed E-state index contributed by atoms with van der Waals surface area (Å²) in [6, 6.07) is 0. The lowest BCUT2D eigenvalue weighted by molar-refractivity contribution is -0.160. The molecule has 0 rings (SSSR count). The fraction of sp³-hybridized carbons (Fsp3) is 0.600. The second kappa shape index (κ2) is 4.03. The lowest BCUT2D eigenvalue weighted by Crippen LogP contribution is -2.14. The molecule has 52 valence electrons. The standard InChI is InChI=1S/C5H8O4/c1-4(6)5(7)9-3-8-2/h3H2,1-2H3. The molecule has 0 heterocycles. The number of hydrogen-bond donors (Lipinski definition) is 0. The summed E-state index contributed by atoms with van der Waals surface area (Å²) in [6.45, 7) is 0.969. The molecule has 0 aliphatic heterocycles. The van der Waals surface area contributed by atoms with Gasteiger partial charge < -0.3 is 9.47 Å². The fourth-order valence-electron chi connectivity index (χ4n) is 0.214. The molecule has 0 aromatic carbocycles. The zero-order valence-corrected chi connectivity index (χ0v) is 5.34. The van der Waals surface area contributed by atoms with Gasteiger partial charge in [-0.1, -0.05) is 0 Å². The summed E-state index contributed by atoms with van der Waals surface area (Å²) in [5.74, 6) is -1.48.